The van der Waals surface area contributed by atoms with Crippen molar-refractivity contribution in [3.8, 4) is 11.4 Å². The molecular formula is C13H11F4N5O. The lowest BCUT2D eigenvalue weighted by atomic mass is 10.1. The molecule has 2 aromatic rings. The molecule has 0 saturated carbocycles. The number of alkyl halides is 4. The summed E-state index contributed by atoms with van der Waals surface area (Å²) in [4.78, 5) is 14.8. The van der Waals surface area contributed by atoms with Crippen LogP contribution in [0.5, 0.6) is 0 Å². The predicted octanol–water partition coefficient (Wildman–Crippen LogP) is 1.89. The van der Waals surface area contributed by atoms with E-state index in [2.05, 4.69) is 10.1 Å². The highest BCUT2D eigenvalue weighted by atomic mass is 19.4. The number of nitrogens with zero attached hydrogens (tertiary/aromatic N) is 3. The third-order valence-corrected chi connectivity index (χ3v) is 2.76. The van der Waals surface area contributed by atoms with E-state index in [4.69, 9.17) is 5.84 Å². The largest absolute Gasteiger partial charge is 0.416 e. The number of halogens is 4. The molecule has 1 heterocycles. The Balaban J connectivity index is 2.37. The molecule has 0 radical (unpaired) electrons. The molecule has 1 aromatic carbocycles. The molecule has 23 heavy (non-hydrogen) atoms. The molecular weight excluding hydrogens is 318 g/mol. The molecule has 0 saturated heterocycles. The Morgan fingerprint density at radius 1 is 1.35 bits per heavy atom. The van der Waals surface area contributed by atoms with Crippen molar-refractivity contribution in [1.82, 2.24) is 20.2 Å². The first kappa shape index (κ1) is 16.6. The summed E-state index contributed by atoms with van der Waals surface area (Å²) in [6.45, 7) is -1.05. The van der Waals surface area contributed by atoms with Gasteiger partial charge < -0.3 is 0 Å². The summed E-state index contributed by atoms with van der Waals surface area (Å²) in [5, 5.41) is 3.89. The third-order valence-electron chi connectivity index (χ3n) is 2.76. The van der Waals surface area contributed by atoms with Crippen LogP contribution in [0.3, 0.4) is 0 Å². The van der Waals surface area contributed by atoms with Gasteiger partial charge >= 0.3 is 6.18 Å². The Morgan fingerprint density at radius 3 is 2.70 bits per heavy atom. The van der Waals surface area contributed by atoms with Gasteiger partial charge in [0.1, 0.15) is 13.0 Å². The van der Waals surface area contributed by atoms with Crippen molar-refractivity contribution >= 4 is 12.1 Å². The van der Waals surface area contributed by atoms with E-state index in [-0.39, 0.29) is 17.0 Å². The summed E-state index contributed by atoms with van der Waals surface area (Å²) in [7, 11) is 0. The zero-order valence-electron chi connectivity index (χ0n) is 11.5. The second kappa shape index (κ2) is 6.57. The first-order valence-electron chi connectivity index (χ1n) is 6.21. The van der Waals surface area contributed by atoms with Gasteiger partial charge in [0.25, 0.3) is 5.91 Å². The molecule has 122 valence electrons. The van der Waals surface area contributed by atoms with Crippen molar-refractivity contribution < 1.29 is 22.4 Å². The van der Waals surface area contributed by atoms with Gasteiger partial charge in [0.2, 0.25) is 0 Å². The molecule has 3 N–H and O–H groups in total. The Bertz CT molecular complexity index is 738. The van der Waals surface area contributed by atoms with Gasteiger partial charge in [0.15, 0.2) is 5.82 Å². The Labute approximate surface area is 127 Å². The molecule has 6 nitrogen and oxygen atoms in total. The normalized spacial score (nSPS) is 11.9. The molecule has 2 rings (SSSR count). The number of rotatable bonds is 4. The fourth-order valence-corrected chi connectivity index (χ4v) is 1.73. The molecule has 0 fully saturated rings. The SMILES string of the molecule is NNC(=O)/C=C\n1cnc(-c2cc(CF)cc(C(F)(F)F)c2)n1. The minimum absolute atomic E-state index is 0.0166. The summed E-state index contributed by atoms with van der Waals surface area (Å²) < 4.78 is 52.3. The van der Waals surface area contributed by atoms with E-state index in [9.17, 15) is 22.4 Å². The van der Waals surface area contributed by atoms with E-state index in [1.165, 1.54) is 18.6 Å². The zero-order chi connectivity index (χ0) is 17.0. The van der Waals surface area contributed by atoms with E-state index in [1.54, 1.807) is 0 Å². The van der Waals surface area contributed by atoms with Crippen LogP contribution >= 0.6 is 0 Å². The van der Waals surface area contributed by atoms with Crippen LogP contribution in [0, 0.1) is 0 Å². The van der Waals surface area contributed by atoms with Gasteiger partial charge in [-0.05, 0) is 23.8 Å². The first-order chi connectivity index (χ1) is 10.8. The number of nitrogens with two attached hydrogens (primary N) is 1. The number of amides is 1. The number of carbonyl (C=O) groups excluding carboxylic acids is 1. The van der Waals surface area contributed by atoms with Crippen LogP contribution in [-0.2, 0) is 17.6 Å². The molecule has 0 atom stereocenters. The highest BCUT2D eigenvalue weighted by Gasteiger charge is 2.31. The zero-order valence-corrected chi connectivity index (χ0v) is 11.5. The Morgan fingerprint density at radius 2 is 2.09 bits per heavy atom. The van der Waals surface area contributed by atoms with Gasteiger partial charge in [0, 0.05) is 17.8 Å². The summed E-state index contributed by atoms with van der Waals surface area (Å²) in [6, 6.07) is 2.78. The first-order valence-corrected chi connectivity index (χ1v) is 6.21. The van der Waals surface area contributed by atoms with Gasteiger partial charge in [-0.1, -0.05) is 0 Å². The number of hydrogen-bond donors (Lipinski definition) is 2. The molecule has 1 amide bonds. The monoisotopic (exact) mass is 329 g/mol. The van der Waals surface area contributed by atoms with Crippen LogP contribution in [-0.4, -0.2) is 20.7 Å². The van der Waals surface area contributed by atoms with E-state index in [0.717, 1.165) is 22.9 Å². The fourth-order valence-electron chi connectivity index (χ4n) is 1.73. The maximum Gasteiger partial charge on any atom is 0.416 e. The standard InChI is InChI=1S/C13H11F4N5O/c14-6-8-3-9(5-10(4-8)13(15,16)17)12-19-7-22(21-12)2-1-11(23)20-18/h1-5,7H,6,18H2,(H,20,23)/b2-1-. The van der Waals surface area contributed by atoms with Crippen LogP contribution in [0.2, 0.25) is 0 Å². The second-order valence-corrected chi connectivity index (χ2v) is 4.42. The summed E-state index contributed by atoms with van der Waals surface area (Å²) in [5.74, 6) is 4.25. The lowest BCUT2D eigenvalue weighted by Gasteiger charge is -2.09. The molecule has 0 spiro atoms. The maximum atomic E-state index is 12.8. The lowest BCUT2D eigenvalue weighted by Crippen LogP contribution is -2.28. The van der Waals surface area contributed by atoms with E-state index >= 15 is 0 Å². The predicted molar refractivity (Wildman–Crippen MR) is 72.9 cm³/mol. The Kier molecular flexibility index (Phi) is 4.74. The number of hydrazine groups is 1. The number of nitrogens with one attached hydrogen (secondary N) is 1. The van der Waals surface area contributed by atoms with Crippen molar-refractivity contribution in [3.05, 3.63) is 41.7 Å². The molecule has 0 aliphatic rings. The molecule has 0 unspecified atom stereocenters. The van der Waals surface area contributed by atoms with Crippen LogP contribution in [0.25, 0.3) is 17.6 Å². The van der Waals surface area contributed by atoms with Crippen molar-refractivity contribution in [2.45, 2.75) is 12.9 Å². The van der Waals surface area contributed by atoms with Gasteiger partial charge in [-0.15, -0.1) is 5.10 Å². The topological polar surface area (TPSA) is 85.8 Å². The highest BCUT2D eigenvalue weighted by molar-refractivity contribution is 5.89. The van der Waals surface area contributed by atoms with E-state index in [1.807, 2.05) is 5.43 Å². The maximum absolute atomic E-state index is 12.8. The Hall–Kier alpha value is -2.75. The summed E-state index contributed by atoms with van der Waals surface area (Å²) in [5.41, 5.74) is 0.752. The van der Waals surface area contributed by atoms with Crippen molar-refractivity contribution in [2.75, 3.05) is 0 Å². The molecule has 10 heteroatoms. The van der Waals surface area contributed by atoms with Gasteiger partial charge in [-0.2, -0.15) is 13.2 Å². The average Bonchev–Trinajstić information content (AvgIpc) is 3.00. The smallest absolute Gasteiger partial charge is 0.291 e. The second-order valence-electron chi connectivity index (χ2n) is 4.42. The van der Waals surface area contributed by atoms with Crippen LogP contribution in [0.4, 0.5) is 17.6 Å². The van der Waals surface area contributed by atoms with Gasteiger partial charge in [-0.3, -0.25) is 10.2 Å². The minimum atomic E-state index is -4.61. The molecule has 0 aliphatic heterocycles. The highest BCUT2D eigenvalue weighted by Crippen LogP contribution is 2.32. The van der Waals surface area contributed by atoms with Crippen LogP contribution < -0.4 is 11.3 Å². The van der Waals surface area contributed by atoms with Crippen molar-refractivity contribution in [1.29, 1.82) is 0 Å². The summed E-state index contributed by atoms with van der Waals surface area (Å²) >= 11 is 0. The van der Waals surface area contributed by atoms with Crippen LogP contribution in [0.1, 0.15) is 11.1 Å². The van der Waals surface area contributed by atoms with Gasteiger partial charge in [-0.25, -0.2) is 19.9 Å². The van der Waals surface area contributed by atoms with Gasteiger partial charge in [0.05, 0.1) is 5.56 Å². The van der Waals surface area contributed by atoms with Crippen molar-refractivity contribution in [2.24, 2.45) is 5.84 Å². The average molecular weight is 329 g/mol. The minimum Gasteiger partial charge on any atom is -0.291 e. The number of benzene rings is 1. The number of aromatic nitrogens is 3. The molecule has 0 aliphatic carbocycles. The van der Waals surface area contributed by atoms with Crippen molar-refractivity contribution in [3.63, 3.8) is 0 Å². The van der Waals surface area contributed by atoms with E-state index < -0.39 is 24.3 Å². The fraction of sp³-hybridized carbons (Fsp3) is 0.154. The van der Waals surface area contributed by atoms with E-state index in [0.29, 0.717) is 0 Å². The van der Waals surface area contributed by atoms with Crippen LogP contribution in [0.15, 0.2) is 30.6 Å². The number of hydrogen-bond acceptors (Lipinski definition) is 4. The molecule has 1 aromatic heterocycles. The third kappa shape index (κ3) is 4.13. The molecule has 0 bridgehead atoms. The quantitative estimate of drug-likeness (QED) is 0.295. The lowest BCUT2D eigenvalue weighted by molar-refractivity contribution is -0.137. The summed E-state index contributed by atoms with van der Waals surface area (Å²) in [6.07, 6.45) is -1.16. The number of carbonyl (C=O) groups is 1.